The Morgan fingerprint density at radius 1 is 1.27 bits per heavy atom. The minimum atomic E-state index is -1.94. The first kappa shape index (κ1) is 23.8. The lowest BCUT2D eigenvalue weighted by Crippen LogP contribution is -2.42. The van der Waals surface area contributed by atoms with Crippen LogP contribution in [0.5, 0.6) is 0 Å². The van der Waals surface area contributed by atoms with Crippen LogP contribution in [0.4, 0.5) is 0 Å². The lowest BCUT2D eigenvalue weighted by atomic mass is 10.1. The van der Waals surface area contributed by atoms with E-state index in [1.165, 1.54) is 0 Å². The molecule has 0 N–H and O–H groups in total. The van der Waals surface area contributed by atoms with Crippen LogP contribution in [0.3, 0.4) is 0 Å². The van der Waals surface area contributed by atoms with Crippen molar-refractivity contribution < 1.29 is 8.98 Å². The fourth-order valence-corrected chi connectivity index (χ4v) is 4.13. The molecule has 1 rings (SSSR count). The van der Waals surface area contributed by atoms with Crippen LogP contribution >= 0.6 is 15.9 Å². The van der Waals surface area contributed by atoms with Crippen molar-refractivity contribution in [1.82, 2.24) is 4.98 Å². The van der Waals surface area contributed by atoms with E-state index in [0.717, 1.165) is 16.7 Å². The van der Waals surface area contributed by atoms with Crippen LogP contribution in [-0.4, -0.2) is 28.8 Å². The molecule has 0 fully saturated rings. The summed E-state index contributed by atoms with van der Waals surface area (Å²) in [6.45, 7) is 17.0. The second kappa shape index (κ2) is 9.32. The maximum atomic E-state index is 12.1. The normalized spacial score (nSPS) is 16.1. The summed E-state index contributed by atoms with van der Waals surface area (Å²) < 4.78 is 23.4. The van der Waals surface area contributed by atoms with Crippen LogP contribution in [0, 0.1) is 0 Å². The summed E-state index contributed by atoms with van der Waals surface area (Å²) in [5.41, 5.74) is 0.926. The molecule has 1 aromatic rings. The topological polar surface area (TPSA) is 57.5 Å². The highest BCUT2D eigenvalue weighted by molar-refractivity contribution is 9.10. The van der Waals surface area contributed by atoms with E-state index in [9.17, 15) is 4.55 Å². The molecule has 0 aliphatic carbocycles. The Bertz CT molecular complexity index is 612. The van der Waals surface area contributed by atoms with Gasteiger partial charge in [-0.25, -0.2) is 4.98 Å². The Morgan fingerprint density at radius 3 is 2.38 bits per heavy atom. The molecule has 0 spiro atoms. The molecule has 26 heavy (non-hydrogen) atoms. The van der Waals surface area contributed by atoms with E-state index < -0.39 is 19.7 Å². The number of hydrogen-bond acceptors (Lipinski definition) is 4. The molecule has 0 saturated heterocycles. The molecule has 0 aromatic carbocycles. The first-order valence-corrected chi connectivity index (χ1v) is 13.8. The van der Waals surface area contributed by atoms with Gasteiger partial charge in [-0.1, -0.05) is 31.2 Å². The van der Waals surface area contributed by atoms with Gasteiger partial charge in [-0.3, -0.25) is 0 Å². The van der Waals surface area contributed by atoms with Gasteiger partial charge in [0.15, 0.2) is 8.32 Å². The van der Waals surface area contributed by atoms with Crippen molar-refractivity contribution in [3.8, 4) is 0 Å². The Balaban J connectivity index is 2.91. The van der Waals surface area contributed by atoms with Crippen LogP contribution in [0.1, 0.15) is 66.2 Å². The van der Waals surface area contributed by atoms with Crippen LogP contribution in [0.2, 0.25) is 18.1 Å². The SMILES string of the molecule is CC(C)(C)[S+]([O-])N=CCCC(O[Si](C)(C)C(C)(C)C)c1cccc(Br)n1. The number of rotatable bonds is 7. The summed E-state index contributed by atoms with van der Waals surface area (Å²) >= 11 is 2.23. The van der Waals surface area contributed by atoms with Crippen molar-refractivity contribution >= 4 is 41.8 Å². The van der Waals surface area contributed by atoms with Gasteiger partial charge in [-0.05, 0) is 79.8 Å². The third-order valence-corrected chi connectivity index (χ3v) is 10.9. The molecule has 4 nitrogen and oxygen atoms in total. The maximum absolute atomic E-state index is 12.1. The summed E-state index contributed by atoms with van der Waals surface area (Å²) in [5.74, 6) is 0. The van der Waals surface area contributed by atoms with Crippen LogP contribution in [0.15, 0.2) is 27.2 Å². The lowest BCUT2D eigenvalue weighted by Gasteiger charge is -2.39. The molecular formula is C19H33BrN2O2SSi. The molecule has 1 heterocycles. The molecule has 0 bridgehead atoms. The maximum Gasteiger partial charge on any atom is 0.192 e. The summed E-state index contributed by atoms with van der Waals surface area (Å²) in [5, 5.41) is 0.124. The third kappa shape index (κ3) is 7.42. The number of pyridine rings is 1. The summed E-state index contributed by atoms with van der Waals surface area (Å²) in [6.07, 6.45) is 3.14. The van der Waals surface area contributed by atoms with Gasteiger partial charge in [0.25, 0.3) is 0 Å². The van der Waals surface area contributed by atoms with Crippen LogP contribution in [-0.2, 0) is 15.8 Å². The number of hydrogen-bond donors (Lipinski definition) is 0. The highest BCUT2D eigenvalue weighted by atomic mass is 79.9. The second-order valence-electron chi connectivity index (χ2n) is 8.98. The van der Waals surface area contributed by atoms with E-state index in [2.05, 4.69) is 59.2 Å². The van der Waals surface area contributed by atoms with Gasteiger partial charge in [-0.2, -0.15) is 0 Å². The standard InChI is InChI=1S/C19H33BrN2O2SSi/c1-18(2,3)25(23)21-14-10-12-16(15-11-9-13-17(20)22-15)24-26(7,8)19(4,5)6/h9,11,13-14,16H,10,12H2,1-8H3. The van der Waals surface area contributed by atoms with Crippen LogP contribution in [0.25, 0.3) is 0 Å². The molecule has 1 aromatic heterocycles. The Kier molecular flexibility index (Phi) is 8.54. The molecule has 0 radical (unpaired) electrons. The number of aromatic nitrogens is 1. The van der Waals surface area contributed by atoms with Crippen molar-refractivity contribution in [2.24, 2.45) is 4.40 Å². The first-order chi connectivity index (χ1) is 11.7. The van der Waals surface area contributed by atoms with Gasteiger partial charge < -0.3 is 8.98 Å². The van der Waals surface area contributed by atoms with Crippen molar-refractivity contribution in [2.45, 2.75) is 83.4 Å². The molecule has 0 amide bonds. The second-order valence-corrected chi connectivity index (χ2v) is 16.5. The average molecular weight is 462 g/mol. The highest BCUT2D eigenvalue weighted by Crippen LogP contribution is 2.40. The van der Waals surface area contributed by atoms with Crippen LogP contribution < -0.4 is 0 Å². The van der Waals surface area contributed by atoms with E-state index in [4.69, 9.17) is 4.43 Å². The van der Waals surface area contributed by atoms with Gasteiger partial charge in [0.05, 0.1) is 18.0 Å². The fourth-order valence-electron chi connectivity index (χ4n) is 1.91. The van der Waals surface area contributed by atoms with Crippen molar-refractivity contribution in [1.29, 1.82) is 0 Å². The zero-order valence-corrected chi connectivity index (χ0v) is 20.7. The monoisotopic (exact) mass is 460 g/mol. The molecule has 7 heteroatoms. The summed E-state index contributed by atoms with van der Waals surface area (Å²) in [6, 6.07) is 5.91. The number of halogens is 1. The Labute approximate surface area is 171 Å². The van der Waals surface area contributed by atoms with E-state index in [1.54, 1.807) is 6.21 Å². The minimum Gasteiger partial charge on any atom is -0.591 e. The van der Waals surface area contributed by atoms with E-state index >= 15 is 0 Å². The molecule has 0 aliphatic heterocycles. The summed E-state index contributed by atoms with van der Waals surface area (Å²) in [7, 11) is -1.94. The Hall–Kier alpha value is -0.213. The molecule has 0 saturated carbocycles. The smallest absolute Gasteiger partial charge is 0.192 e. The third-order valence-electron chi connectivity index (χ3n) is 4.56. The average Bonchev–Trinajstić information content (AvgIpc) is 2.47. The highest BCUT2D eigenvalue weighted by Gasteiger charge is 2.39. The van der Waals surface area contributed by atoms with Crippen molar-refractivity contribution in [3.63, 3.8) is 0 Å². The molecule has 0 aliphatic rings. The minimum absolute atomic E-state index is 0.0945. The van der Waals surface area contributed by atoms with Crippen molar-refractivity contribution in [2.75, 3.05) is 0 Å². The van der Waals surface area contributed by atoms with Gasteiger partial charge in [-0.15, -0.1) is 0 Å². The van der Waals surface area contributed by atoms with Crippen molar-refractivity contribution in [3.05, 3.63) is 28.5 Å². The molecular weight excluding hydrogens is 428 g/mol. The van der Waals surface area contributed by atoms with E-state index in [-0.39, 0.29) is 15.9 Å². The fraction of sp³-hybridized carbons (Fsp3) is 0.684. The number of nitrogens with zero attached hydrogens (tertiary/aromatic N) is 2. The first-order valence-electron chi connectivity index (χ1n) is 8.99. The predicted octanol–water partition coefficient (Wildman–Crippen LogP) is 6.22. The summed E-state index contributed by atoms with van der Waals surface area (Å²) in [4.78, 5) is 4.60. The zero-order chi connectivity index (χ0) is 20.2. The largest absolute Gasteiger partial charge is 0.591 e. The van der Waals surface area contributed by atoms with Gasteiger partial charge in [0.2, 0.25) is 0 Å². The van der Waals surface area contributed by atoms with E-state index in [1.807, 2.05) is 39.0 Å². The van der Waals surface area contributed by atoms with Gasteiger partial charge in [0, 0.05) is 0 Å². The van der Waals surface area contributed by atoms with Gasteiger partial charge in [0.1, 0.15) is 20.7 Å². The van der Waals surface area contributed by atoms with Gasteiger partial charge >= 0.3 is 0 Å². The lowest BCUT2D eigenvalue weighted by molar-refractivity contribution is 0.172. The predicted molar refractivity (Wildman–Crippen MR) is 119 cm³/mol. The molecule has 2 atom stereocenters. The zero-order valence-electron chi connectivity index (χ0n) is 17.3. The molecule has 148 valence electrons. The Morgan fingerprint density at radius 2 is 1.88 bits per heavy atom. The molecule has 2 unspecified atom stereocenters. The van der Waals surface area contributed by atoms with E-state index in [0.29, 0.717) is 6.42 Å². The quantitative estimate of drug-likeness (QED) is 0.210.